The number of amides is 1. The van der Waals surface area contributed by atoms with Crippen LogP contribution in [0.5, 0.6) is 0 Å². The van der Waals surface area contributed by atoms with Crippen molar-refractivity contribution in [3.63, 3.8) is 0 Å². The Morgan fingerprint density at radius 2 is 1.83 bits per heavy atom. The van der Waals surface area contributed by atoms with E-state index in [1.54, 1.807) is 12.5 Å². The second-order valence-electron chi connectivity index (χ2n) is 7.77. The number of imidazole rings is 1. The molecule has 1 unspecified atom stereocenters. The van der Waals surface area contributed by atoms with Crippen molar-refractivity contribution in [3.8, 4) is 5.82 Å². The highest BCUT2D eigenvalue weighted by atomic mass is 16.1. The number of rotatable bonds is 4. The Bertz CT molecular complexity index is 974. The molecule has 0 radical (unpaired) electrons. The smallest absolute Gasteiger partial charge is 0.229 e. The zero-order valence-corrected chi connectivity index (χ0v) is 17.1. The van der Waals surface area contributed by atoms with Gasteiger partial charge in [0.15, 0.2) is 11.6 Å². The minimum Gasteiger partial charge on any atom is -0.354 e. The van der Waals surface area contributed by atoms with E-state index in [9.17, 15) is 4.79 Å². The number of nitrogens with zero attached hydrogens (tertiary/aromatic N) is 5. The van der Waals surface area contributed by atoms with Crippen LogP contribution in [0.4, 0.5) is 11.5 Å². The number of nitrogens with one attached hydrogen (secondary N) is 1. The molecule has 4 rings (SSSR count). The maximum atomic E-state index is 13.0. The number of hydrogen-bond acceptors (Lipinski definition) is 5. The number of aromatic nitrogens is 4. The largest absolute Gasteiger partial charge is 0.354 e. The average molecular weight is 390 g/mol. The molecule has 1 aliphatic rings. The molecule has 1 amide bonds. The lowest BCUT2D eigenvalue weighted by Gasteiger charge is -2.32. The quantitative estimate of drug-likeness (QED) is 0.738. The fourth-order valence-electron chi connectivity index (χ4n) is 4.02. The lowest BCUT2D eigenvalue weighted by atomic mass is 9.96. The zero-order valence-electron chi connectivity index (χ0n) is 17.1. The van der Waals surface area contributed by atoms with Crippen molar-refractivity contribution in [2.24, 2.45) is 5.92 Å². The summed E-state index contributed by atoms with van der Waals surface area (Å²) in [5, 5.41) is 11.8. The van der Waals surface area contributed by atoms with E-state index in [0.717, 1.165) is 47.8 Å². The first-order valence-corrected chi connectivity index (χ1v) is 9.97. The first-order valence-electron chi connectivity index (χ1n) is 9.97. The second kappa shape index (κ2) is 8.03. The Labute approximate surface area is 170 Å². The SMILES string of the molecule is Cc1cc(C)c(NC(=O)C2CCCN(c3ccc(-n4ccnc4)nn3)C2)c(C)c1. The van der Waals surface area contributed by atoms with E-state index < -0.39 is 0 Å². The summed E-state index contributed by atoms with van der Waals surface area (Å²) in [7, 11) is 0. The second-order valence-corrected chi connectivity index (χ2v) is 7.77. The van der Waals surface area contributed by atoms with Gasteiger partial charge in [0, 0.05) is 31.2 Å². The van der Waals surface area contributed by atoms with Crippen LogP contribution < -0.4 is 10.2 Å². The van der Waals surface area contributed by atoms with Gasteiger partial charge in [-0.3, -0.25) is 9.36 Å². The van der Waals surface area contributed by atoms with Crippen LogP contribution in [0.3, 0.4) is 0 Å². The fraction of sp³-hybridized carbons (Fsp3) is 0.364. The zero-order chi connectivity index (χ0) is 20.4. The Hall–Kier alpha value is -3.22. The minimum atomic E-state index is -0.0704. The molecule has 1 atom stereocenters. The summed E-state index contributed by atoms with van der Waals surface area (Å²) < 4.78 is 1.81. The van der Waals surface area contributed by atoms with Gasteiger partial charge in [0.05, 0.1) is 5.92 Å². The van der Waals surface area contributed by atoms with Gasteiger partial charge in [-0.1, -0.05) is 17.7 Å². The van der Waals surface area contributed by atoms with Crippen LogP contribution in [0.1, 0.15) is 29.5 Å². The summed E-state index contributed by atoms with van der Waals surface area (Å²) in [4.78, 5) is 19.1. The van der Waals surface area contributed by atoms with Crippen molar-refractivity contribution in [1.82, 2.24) is 19.7 Å². The maximum absolute atomic E-state index is 13.0. The van der Waals surface area contributed by atoms with Gasteiger partial charge >= 0.3 is 0 Å². The Kier molecular flexibility index (Phi) is 5.29. The van der Waals surface area contributed by atoms with Crippen LogP contribution in [-0.2, 0) is 4.79 Å². The Balaban J connectivity index is 1.45. The van der Waals surface area contributed by atoms with E-state index in [1.807, 2.05) is 36.7 Å². The van der Waals surface area contributed by atoms with Gasteiger partial charge in [-0.15, -0.1) is 10.2 Å². The first kappa shape index (κ1) is 19.1. The van der Waals surface area contributed by atoms with Gasteiger partial charge in [-0.25, -0.2) is 4.98 Å². The van der Waals surface area contributed by atoms with Gasteiger partial charge in [0.2, 0.25) is 5.91 Å². The molecule has 0 spiro atoms. The standard InChI is InChI=1S/C22H26N6O/c1-15-11-16(2)21(17(3)12-15)24-22(29)18-5-4-9-27(13-18)19-6-7-20(26-25-19)28-10-8-23-14-28/h6-8,10-12,14,18H,4-5,9,13H2,1-3H3,(H,24,29). The highest BCUT2D eigenvalue weighted by molar-refractivity contribution is 5.94. The average Bonchev–Trinajstić information content (AvgIpc) is 3.25. The topological polar surface area (TPSA) is 75.9 Å². The van der Waals surface area contributed by atoms with E-state index in [0.29, 0.717) is 6.54 Å². The molecule has 1 aliphatic heterocycles. The normalized spacial score (nSPS) is 16.7. The highest BCUT2D eigenvalue weighted by Crippen LogP contribution is 2.26. The lowest BCUT2D eigenvalue weighted by Crippen LogP contribution is -2.41. The number of carbonyl (C=O) groups excluding carboxylic acids is 1. The molecule has 3 heterocycles. The van der Waals surface area contributed by atoms with Gasteiger partial charge < -0.3 is 10.2 Å². The van der Waals surface area contributed by atoms with Crippen molar-refractivity contribution >= 4 is 17.4 Å². The van der Waals surface area contributed by atoms with Crippen LogP contribution in [0.15, 0.2) is 43.0 Å². The molecule has 2 aromatic heterocycles. The predicted molar refractivity (Wildman–Crippen MR) is 113 cm³/mol. The van der Waals surface area contributed by atoms with Gasteiger partial charge in [0.25, 0.3) is 0 Å². The highest BCUT2D eigenvalue weighted by Gasteiger charge is 2.27. The molecule has 150 valence electrons. The minimum absolute atomic E-state index is 0.0704. The number of benzene rings is 1. The number of hydrogen-bond donors (Lipinski definition) is 1. The first-order chi connectivity index (χ1) is 14.0. The molecular formula is C22H26N6O. The van der Waals surface area contributed by atoms with Crippen molar-refractivity contribution in [2.45, 2.75) is 33.6 Å². The monoisotopic (exact) mass is 390 g/mol. The number of anilines is 2. The maximum Gasteiger partial charge on any atom is 0.229 e. The van der Waals surface area contributed by atoms with Crippen molar-refractivity contribution in [2.75, 3.05) is 23.3 Å². The molecule has 7 nitrogen and oxygen atoms in total. The molecule has 3 aromatic rings. The Morgan fingerprint density at radius 1 is 1.10 bits per heavy atom. The van der Waals surface area contributed by atoms with E-state index in [-0.39, 0.29) is 11.8 Å². The summed E-state index contributed by atoms with van der Waals surface area (Å²) >= 11 is 0. The number of carbonyl (C=O) groups is 1. The third kappa shape index (κ3) is 4.13. The fourth-order valence-corrected chi connectivity index (χ4v) is 4.02. The summed E-state index contributed by atoms with van der Waals surface area (Å²) in [6.07, 6.45) is 7.07. The summed E-state index contributed by atoms with van der Waals surface area (Å²) in [5.74, 6) is 1.53. The van der Waals surface area contributed by atoms with Crippen LogP contribution >= 0.6 is 0 Å². The van der Waals surface area contributed by atoms with Crippen LogP contribution in [0.2, 0.25) is 0 Å². The van der Waals surface area contributed by atoms with Gasteiger partial charge in [-0.05, 0) is 56.9 Å². The van der Waals surface area contributed by atoms with E-state index in [1.165, 1.54) is 5.56 Å². The predicted octanol–water partition coefficient (Wildman–Crippen LogP) is 3.44. The van der Waals surface area contributed by atoms with Crippen molar-refractivity contribution in [3.05, 3.63) is 59.7 Å². The summed E-state index contributed by atoms with van der Waals surface area (Å²) in [5.41, 5.74) is 4.34. The number of aryl methyl sites for hydroxylation is 3. The molecule has 0 bridgehead atoms. The molecule has 1 aromatic carbocycles. The molecular weight excluding hydrogens is 364 g/mol. The summed E-state index contributed by atoms with van der Waals surface area (Å²) in [6.45, 7) is 7.69. The molecule has 7 heteroatoms. The molecule has 0 aliphatic carbocycles. The number of piperidine rings is 1. The van der Waals surface area contributed by atoms with Gasteiger partial charge in [0.1, 0.15) is 6.33 Å². The van der Waals surface area contributed by atoms with Crippen LogP contribution in [-0.4, -0.2) is 38.7 Å². The van der Waals surface area contributed by atoms with E-state index in [4.69, 9.17) is 0 Å². The molecule has 1 N–H and O–H groups in total. The Morgan fingerprint density at radius 3 is 2.48 bits per heavy atom. The van der Waals surface area contributed by atoms with Crippen LogP contribution in [0, 0.1) is 26.7 Å². The van der Waals surface area contributed by atoms with E-state index >= 15 is 0 Å². The third-order valence-corrected chi connectivity index (χ3v) is 5.45. The van der Waals surface area contributed by atoms with Crippen LogP contribution in [0.25, 0.3) is 5.82 Å². The molecule has 29 heavy (non-hydrogen) atoms. The van der Waals surface area contributed by atoms with Crippen molar-refractivity contribution < 1.29 is 4.79 Å². The third-order valence-electron chi connectivity index (χ3n) is 5.45. The van der Waals surface area contributed by atoms with Gasteiger partial charge in [-0.2, -0.15) is 0 Å². The summed E-state index contributed by atoms with van der Waals surface area (Å²) in [6, 6.07) is 8.09. The lowest BCUT2D eigenvalue weighted by molar-refractivity contribution is -0.120. The molecule has 0 saturated carbocycles. The molecule has 1 saturated heterocycles. The van der Waals surface area contributed by atoms with E-state index in [2.05, 4.69) is 44.5 Å². The molecule has 1 fully saturated rings. The van der Waals surface area contributed by atoms with Crippen molar-refractivity contribution in [1.29, 1.82) is 0 Å².